The molecule has 0 atom stereocenters. The minimum atomic E-state index is -2.69. The van der Waals surface area contributed by atoms with Crippen LogP contribution in [0.1, 0.15) is 49.7 Å². The second kappa shape index (κ2) is 4.73. The van der Waals surface area contributed by atoms with Crippen molar-refractivity contribution in [3.63, 3.8) is 0 Å². The van der Waals surface area contributed by atoms with Gasteiger partial charge in [0, 0.05) is 18.0 Å². The van der Waals surface area contributed by atoms with Crippen LogP contribution in [0.25, 0.3) is 0 Å². The molecule has 1 aliphatic rings. The van der Waals surface area contributed by atoms with Crippen molar-refractivity contribution in [1.29, 1.82) is 0 Å². The first-order chi connectivity index (χ1) is 8.03. The molecule has 1 nitrogen and oxygen atoms in total. The van der Waals surface area contributed by atoms with Crippen LogP contribution in [0.5, 0.6) is 0 Å². The van der Waals surface area contributed by atoms with Crippen LogP contribution in [0.3, 0.4) is 0 Å². The van der Waals surface area contributed by atoms with Crippen molar-refractivity contribution in [2.24, 2.45) is 5.73 Å². The van der Waals surface area contributed by atoms with Gasteiger partial charge in [0.2, 0.25) is 0 Å². The fourth-order valence-electron chi connectivity index (χ4n) is 2.39. The number of hydrogen-bond acceptors (Lipinski definition) is 1. The fraction of sp³-hybridized carbons (Fsp3) is 0.571. The summed E-state index contributed by atoms with van der Waals surface area (Å²) >= 11 is 0. The summed E-state index contributed by atoms with van der Waals surface area (Å²) in [5.74, 6) is -2.22. The van der Waals surface area contributed by atoms with Crippen molar-refractivity contribution in [3.8, 4) is 0 Å². The first-order valence-electron chi connectivity index (χ1n) is 6.26. The molecule has 1 aromatic rings. The summed E-state index contributed by atoms with van der Waals surface area (Å²) in [5.41, 5.74) is 7.00. The maximum Gasteiger partial charge on any atom is 0.273 e. The lowest BCUT2D eigenvalue weighted by atomic mass is 9.76. The number of nitrogens with two attached hydrogens (primary N) is 1. The van der Waals surface area contributed by atoms with Crippen LogP contribution >= 0.6 is 0 Å². The highest BCUT2D eigenvalue weighted by Gasteiger charge is 2.31. The van der Waals surface area contributed by atoms with E-state index in [2.05, 4.69) is 0 Å². The topological polar surface area (TPSA) is 26.0 Å². The van der Waals surface area contributed by atoms with Crippen molar-refractivity contribution in [1.82, 2.24) is 0 Å². The summed E-state index contributed by atoms with van der Waals surface area (Å²) < 4.78 is 27.3. The van der Waals surface area contributed by atoms with E-state index < -0.39 is 5.92 Å². The summed E-state index contributed by atoms with van der Waals surface area (Å²) in [5, 5.41) is 0. The van der Waals surface area contributed by atoms with Gasteiger partial charge in [0.25, 0.3) is 5.92 Å². The summed E-state index contributed by atoms with van der Waals surface area (Å²) in [6, 6.07) is 7.08. The van der Waals surface area contributed by atoms with Gasteiger partial charge in [0.05, 0.1) is 0 Å². The van der Waals surface area contributed by atoms with E-state index in [0.29, 0.717) is 18.4 Å². The monoisotopic (exact) mass is 239 g/mol. The second-order valence-electron chi connectivity index (χ2n) is 5.00. The van der Waals surface area contributed by atoms with Gasteiger partial charge in [-0.15, -0.1) is 0 Å². The van der Waals surface area contributed by atoms with Gasteiger partial charge in [-0.1, -0.05) is 37.6 Å². The average Bonchev–Trinajstić information content (AvgIpc) is 2.25. The number of rotatable bonds is 4. The van der Waals surface area contributed by atoms with Crippen molar-refractivity contribution in [3.05, 3.63) is 35.4 Å². The zero-order valence-electron chi connectivity index (χ0n) is 10.1. The van der Waals surface area contributed by atoms with Crippen molar-refractivity contribution >= 4 is 0 Å². The third-order valence-electron chi connectivity index (χ3n) is 3.54. The number of benzene rings is 1. The number of halogens is 2. The molecule has 0 bridgehead atoms. The first kappa shape index (κ1) is 12.5. The van der Waals surface area contributed by atoms with Gasteiger partial charge in [-0.3, -0.25) is 0 Å². The molecule has 0 saturated heterocycles. The van der Waals surface area contributed by atoms with Gasteiger partial charge in [0.15, 0.2) is 0 Å². The summed E-state index contributed by atoms with van der Waals surface area (Å²) in [6.45, 7) is 1.78. The van der Waals surface area contributed by atoms with E-state index in [-0.39, 0.29) is 12.0 Å². The highest BCUT2D eigenvalue weighted by molar-refractivity contribution is 5.29. The molecule has 1 fully saturated rings. The Morgan fingerprint density at radius 3 is 2.29 bits per heavy atom. The quantitative estimate of drug-likeness (QED) is 0.850. The second-order valence-corrected chi connectivity index (χ2v) is 5.00. The lowest BCUT2D eigenvalue weighted by Crippen LogP contribution is -2.34. The van der Waals surface area contributed by atoms with E-state index in [0.717, 1.165) is 18.4 Å². The smallest absolute Gasteiger partial charge is 0.273 e. The molecule has 0 radical (unpaired) electrons. The van der Waals surface area contributed by atoms with Gasteiger partial charge in [-0.2, -0.15) is 0 Å². The van der Waals surface area contributed by atoms with Crippen molar-refractivity contribution in [2.45, 2.75) is 50.5 Å². The van der Waals surface area contributed by atoms with E-state index in [1.807, 2.05) is 12.1 Å². The Morgan fingerprint density at radius 2 is 1.82 bits per heavy atom. The van der Waals surface area contributed by atoms with Crippen molar-refractivity contribution < 1.29 is 8.78 Å². The van der Waals surface area contributed by atoms with Crippen LogP contribution in [-0.4, -0.2) is 6.04 Å². The molecule has 0 unspecified atom stereocenters. The molecule has 0 heterocycles. The lowest BCUT2D eigenvalue weighted by Gasteiger charge is -2.33. The maximum atomic E-state index is 13.6. The van der Waals surface area contributed by atoms with Crippen LogP contribution in [0.4, 0.5) is 8.78 Å². The van der Waals surface area contributed by atoms with E-state index in [9.17, 15) is 8.78 Å². The third-order valence-corrected chi connectivity index (χ3v) is 3.54. The fourth-order valence-corrected chi connectivity index (χ4v) is 2.39. The van der Waals surface area contributed by atoms with Gasteiger partial charge in [-0.25, -0.2) is 8.78 Å². The molecule has 0 aromatic heterocycles. The molecule has 94 valence electrons. The largest absolute Gasteiger partial charge is 0.328 e. The van der Waals surface area contributed by atoms with Gasteiger partial charge in [-0.05, 0) is 24.3 Å². The summed E-state index contributed by atoms with van der Waals surface area (Å²) in [6.07, 6.45) is 2.36. The Bertz CT molecular complexity index is 366. The Balaban J connectivity index is 2.07. The van der Waals surface area contributed by atoms with Gasteiger partial charge in [0.1, 0.15) is 0 Å². The molecule has 0 spiro atoms. The standard InChI is InChI=1S/C14H19F2N/c1-2-7-14(15,16)12-5-3-10(4-6-12)11-8-13(17)9-11/h3-6,11,13H,2,7-9,17H2,1H3. The van der Waals surface area contributed by atoms with E-state index in [1.165, 1.54) is 0 Å². The average molecular weight is 239 g/mol. The third kappa shape index (κ3) is 2.65. The minimum absolute atomic E-state index is 0.0827. The molecule has 1 saturated carbocycles. The van der Waals surface area contributed by atoms with Crippen LogP contribution in [0.2, 0.25) is 0 Å². The number of hydrogen-bond donors (Lipinski definition) is 1. The molecule has 17 heavy (non-hydrogen) atoms. The Hall–Kier alpha value is -0.960. The molecule has 0 aliphatic heterocycles. The highest BCUT2D eigenvalue weighted by atomic mass is 19.3. The summed E-state index contributed by atoms with van der Waals surface area (Å²) in [4.78, 5) is 0. The van der Waals surface area contributed by atoms with E-state index >= 15 is 0 Å². The first-order valence-corrected chi connectivity index (χ1v) is 6.26. The lowest BCUT2D eigenvalue weighted by molar-refractivity contribution is -0.0140. The number of alkyl halides is 2. The van der Waals surface area contributed by atoms with Crippen LogP contribution in [0, 0.1) is 0 Å². The molecule has 2 rings (SSSR count). The molecule has 1 aromatic carbocycles. The van der Waals surface area contributed by atoms with Gasteiger partial charge >= 0.3 is 0 Å². The predicted molar refractivity (Wildman–Crippen MR) is 65.2 cm³/mol. The zero-order valence-corrected chi connectivity index (χ0v) is 10.1. The molecule has 2 N–H and O–H groups in total. The normalized spacial score (nSPS) is 24.5. The SMILES string of the molecule is CCCC(F)(F)c1ccc(C2CC(N)C2)cc1. The van der Waals surface area contributed by atoms with Crippen LogP contribution in [0.15, 0.2) is 24.3 Å². The summed E-state index contributed by atoms with van der Waals surface area (Å²) in [7, 11) is 0. The molecular formula is C14H19F2N. The van der Waals surface area contributed by atoms with E-state index in [4.69, 9.17) is 5.73 Å². The Kier molecular flexibility index (Phi) is 3.48. The van der Waals surface area contributed by atoms with Crippen LogP contribution < -0.4 is 5.73 Å². The van der Waals surface area contributed by atoms with Crippen LogP contribution in [-0.2, 0) is 5.92 Å². The van der Waals surface area contributed by atoms with E-state index in [1.54, 1.807) is 19.1 Å². The maximum absolute atomic E-state index is 13.6. The Morgan fingerprint density at radius 1 is 1.24 bits per heavy atom. The zero-order chi connectivity index (χ0) is 12.5. The molecule has 1 aliphatic carbocycles. The highest BCUT2D eigenvalue weighted by Crippen LogP contribution is 2.38. The molecule has 3 heteroatoms. The van der Waals surface area contributed by atoms with Crippen molar-refractivity contribution in [2.75, 3.05) is 0 Å². The molecular weight excluding hydrogens is 220 g/mol. The van der Waals surface area contributed by atoms with Gasteiger partial charge < -0.3 is 5.73 Å². The Labute approximate surface area is 101 Å². The molecule has 0 amide bonds. The predicted octanol–water partition coefficient (Wildman–Crippen LogP) is 3.78. The minimum Gasteiger partial charge on any atom is -0.328 e.